The van der Waals surface area contributed by atoms with Gasteiger partial charge in [-0.25, -0.2) is 8.42 Å². The van der Waals surface area contributed by atoms with Crippen LogP contribution in [0.4, 0.5) is 0 Å². The maximum Gasteiger partial charge on any atom is 0.308 e. The van der Waals surface area contributed by atoms with Gasteiger partial charge in [0.05, 0.1) is 10.9 Å². The first-order valence-electron chi connectivity index (χ1n) is 5.91. The summed E-state index contributed by atoms with van der Waals surface area (Å²) in [4.78, 5) is 11.0. The monoisotopic (exact) mass is 337 g/mol. The number of halogens is 2. The molecule has 0 aliphatic carbocycles. The summed E-state index contributed by atoms with van der Waals surface area (Å²) in [6.45, 7) is 1.84. The summed E-state index contributed by atoms with van der Waals surface area (Å²) < 4.78 is 26.1. The molecule has 20 heavy (non-hydrogen) atoms. The van der Waals surface area contributed by atoms with Gasteiger partial charge in [-0.1, -0.05) is 30.1 Å². The number of hydrogen-bond acceptors (Lipinski definition) is 3. The molecule has 1 N–H and O–H groups in total. The second-order valence-electron chi connectivity index (χ2n) is 4.82. The average Bonchev–Trinajstić information content (AvgIpc) is 2.71. The molecule has 1 aromatic rings. The minimum absolute atomic E-state index is 0.0314. The molecule has 0 amide bonds. The zero-order valence-corrected chi connectivity index (χ0v) is 12.9. The minimum Gasteiger partial charge on any atom is -0.481 e. The summed E-state index contributed by atoms with van der Waals surface area (Å²) in [5.74, 6) is -1.93. The zero-order chi connectivity index (χ0) is 15.1. The molecule has 0 bridgehead atoms. The Morgan fingerprint density at radius 2 is 2.00 bits per heavy atom. The van der Waals surface area contributed by atoms with Crippen molar-refractivity contribution in [2.45, 2.75) is 11.8 Å². The van der Waals surface area contributed by atoms with Gasteiger partial charge >= 0.3 is 5.97 Å². The molecule has 0 unspecified atom stereocenters. The van der Waals surface area contributed by atoms with Crippen LogP contribution in [-0.4, -0.2) is 36.9 Å². The molecule has 0 radical (unpaired) electrons. The van der Waals surface area contributed by atoms with E-state index in [-0.39, 0.29) is 28.9 Å². The first-order valence-corrected chi connectivity index (χ1v) is 8.11. The molecule has 1 heterocycles. The van der Waals surface area contributed by atoms with Crippen molar-refractivity contribution in [1.29, 1.82) is 0 Å². The number of carboxylic acids is 1. The zero-order valence-electron chi connectivity index (χ0n) is 10.6. The number of sulfonamides is 1. The Morgan fingerprint density at radius 1 is 1.35 bits per heavy atom. The molecule has 8 heteroatoms. The van der Waals surface area contributed by atoms with E-state index in [9.17, 15) is 13.2 Å². The summed E-state index contributed by atoms with van der Waals surface area (Å²) in [5, 5.41) is 9.44. The van der Waals surface area contributed by atoms with Gasteiger partial charge in [0, 0.05) is 18.1 Å². The number of benzene rings is 1. The standard InChI is InChI=1S/C12H13Cl2NO4S/c1-7-5-15(6-9(7)12(16)17)20(18,19)11-3-2-8(13)4-10(11)14/h2-4,7,9H,5-6H2,1H3,(H,16,17)/t7-,9-/m1/s1. The Labute approximate surface area is 127 Å². The van der Waals surface area contributed by atoms with Gasteiger partial charge in [-0.3, -0.25) is 4.79 Å². The van der Waals surface area contributed by atoms with Gasteiger partial charge in [-0.2, -0.15) is 4.31 Å². The van der Waals surface area contributed by atoms with E-state index in [0.717, 1.165) is 4.31 Å². The fraction of sp³-hybridized carbons (Fsp3) is 0.417. The van der Waals surface area contributed by atoms with Gasteiger partial charge in [0.15, 0.2) is 0 Å². The molecular formula is C12H13Cl2NO4S. The van der Waals surface area contributed by atoms with Crippen LogP contribution in [0, 0.1) is 11.8 Å². The fourth-order valence-corrected chi connectivity index (χ4v) is 4.58. The van der Waals surface area contributed by atoms with Gasteiger partial charge < -0.3 is 5.11 Å². The fourth-order valence-electron chi connectivity index (χ4n) is 2.26. The lowest BCUT2D eigenvalue weighted by Gasteiger charge is -2.17. The van der Waals surface area contributed by atoms with Crippen molar-refractivity contribution in [3.8, 4) is 0 Å². The Bertz CT molecular complexity index is 647. The summed E-state index contributed by atoms with van der Waals surface area (Å²) in [6, 6.07) is 4.12. The van der Waals surface area contributed by atoms with E-state index in [4.69, 9.17) is 28.3 Å². The molecule has 1 saturated heterocycles. The quantitative estimate of drug-likeness (QED) is 0.918. The van der Waals surface area contributed by atoms with Gasteiger partial charge in [0.25, 0.3) is 0 Å². The number of hydrogen-bond donors (Lipinski definition) is 1. The van der Waals surface area contributed by atoms with Crippen molar-refractivity contribution in [1.82, 2.24) is 4.31 Å². The van der Waals surface area contributed by atoms with Crippen molar-refractivity contribution in [3.63, 3.8) is 0 Å². The van der Waals surface area contributed by atoms with Crippen LogP contribution in [0.3, 0.4) is 0 Å². The lowest BCUT2D eigenvalue weighted by atomic mass is 9.99. The smallest absolute Gasteiger partial charge is 0.308 e. The number of aliphatic carboxylic acids is 1. The first-order chi connectivity index (χ1) is 9.23. The van der Waals surface area contributed by atoms with Gasteiger partial charge in [0.2, 0.25) is 10.0 Å². The van der Waals surface area contributed by atoms with Crippen molar-refractivity contribution >= 4 is 39.2 Å². The summed E-state index contributed by atoms with van der Waals surface area (Å²) in [5.41, 5.74) is 0. The van der Waals surface area contributed by atoms with E-state index in [0.29, 0.717) is 5.02 Å². The highest BCUT2D eigenvalue weighted by atomic mass is 35.5. The van der Waals surface area contributed by atoms with E-state index in [1.54, 1.807) is 6.92 Å². The molecule has 110 valence electrons. The third-order valence-corrected chi connectivity index (χ3v) is 5.96. The van der Waals surface area contributed by atoms with Crippen LogP contribution in [0.15, 0.2) is 23.1 Å². The number of nitrogens with zero attached hydrogens (tertiary/aromatic N) is 1. The second-order valence-corrected chi connectivity index (χ2v) is 7.57. The molecular weight excluding hydrogens is 325 g/mol. The summed E-state index contributed by atoms with van der Waals surface area (Å²) in [6.07, 6.45) is 0. The van der Waals surface area contributed by atoms with E-state index in [2.05, 4.69) is 0 Å². The molecule has 1 fully saturated rings. The first kappa shape index (κ1) is 15.6. The molecule has 0 spiro atoms. The predicted molar refractivity (Wildman–Crippen MR) is 75.5 cm³/mol. The molecule has 1 aromatic carbocycles. The second kappa shape index (κ2) is 5.52. The normalized spacial score (nSPS) is 23.9. The van der Waals surface area contributed by atoms with E-state index in [1.165, 1.54) is 18.2 Å². The van der Waals surface area contributed by atoms with Crippen LogP contribution in [0.5, 0.6) is 0 Å². The van der Waals surface area contributed by atoms with Crippen LogP contribution in [0.1, 0.15) is 6.92 Å². The average molecular weight is 338 g/mol. The molecule has 0 aromatic heterocycles. The van der Waals surface area contributed by atoms with Crippen LogP contribution in [0.25, 0.3) is 0 Å². The van der Waals surface area contributed by atoms with E-state index >= 15 is 0 Å². The molecule has 2 atom stereocenters. The van der Waals surface area contributed by atoms with Gasteiger partial charge in [-0.05, 0) is 24.1 Å². The predicted octanol–water partition coefficient (Wildman–Crippen LogP) is 2.33. The van der Waals surface area contributed by atoms with Gasteiger partial charge in [-0.15, -0.1) is 0 Å². The largest absolute Gasteiger partial charge is 0.481 e. The van der Waals surface area contributed by atoms with E-state index in [1.807, 2.05) is 0 Å². The van der Waals surface area contributed by atoms with Gasteiger partial charge in [0.1, 0.15) is 4.90 Å². The van der Waals surface area contributed by atoms with Crippen molar-refractivity contribution in [2.24, 2.45) is 11.8 Å². The number of carboxylic acid groups (broad SMARTS) is 1. The Hall–Kier alpha value is -0.820. The van der Waals surface area contributed by atoms with Crippen LogP contribution in [0.2, 0.25) is 10.0 Å². The number of rotatable bonds is 3. The molecule has 1 aliphatic heterocycles. The SMILES string of the molecule is C[C@@H]1CN(S(=O)(=O)c2ccc(Cl)cc2Cl)C[C@H]1C(=O)O. The Balaban J connectivity index is 2.35. The van der Waals surface area contributed by atoms with Crippen LogP contribution in [-0.2, 0) is 14.8 Å². The van der Waals surface area contributed by atoms with Crippen molar-refractivity contribution in [2.75, 3.05) is 13.1 Å². The maximum atomic E-state index is 12.5. The Morgan fingerprint density at radius 3 is 2.50 bits per heavy atom. The summed E-state index contributed by atoms with van der Waals surface area (Å²) in [7, 11) is -3.81. The minimum atomic E-state index is -3.81. The lowest BCUT2D eigenvalue weighted by molar-refractivity contribution is -0.142. The third-order valence-electron chi connectivity index (χ3n) is 3.41. The number of carbonyl (C=O) groups is 1. The Kier molecular flexibility index (Phi) is 4.30. The van der Waals surface area contributed by atoms with Crippen LogP contribution < -0.4 is 0 Å². The highest BCUT2D eigenvalue weighted by molar-refractivity contribution is 7.89. The lowest BCUT2D eigenvalue weighted by Crippen LogP contribution is -2.30. The van der Waals surface area contributed by atoms with Crippen molar-refractivity contribution < 1.29 is 18.3 Å². The summed E-state index contributed by atoms with van der Waals surface area (Å²) >= 11 is 11.7. The molecule has 2 rings (SSSR count). The van der Waals surface area contributed by atoms with E-state index < -0.39 is 21.9 Å². The topological polar surface area (TPSA) is 74.7 Å². The molecule has 1 aliphatic rings. The maximum absolute atomic E-state index is 12.5. The highest BCUT2D eigenvalue weighted by Gasteiger charge is 2.41. The highest BCUT2D eigenvalue weighted by Crippen LogP contribution is 2.32. The van der Waals surface area contributed by atoms with Crippen LogP contribution >= 0.6 is 23.2 Å². The molecule has 0 saturated carbocycles. The molecule has 5 nitrogen and oxygen atoms in total. The third kappa shape index (κ3) is 2.79. The van der Waals surface area contributed by atoms with Crippen molar-refractivity contribution in [3.05, 3.63) is 28.2 Å².